The Hall–Kier alpha value is -4.04. The quantitative estimate of drug-likeness (QED) is 0.163. The summed E-state index contributed by atoms with van der Waals surface area (Å²) in [6, 6.07) is 22.3. The van der Waals surface area contributed by atoms with Crippen molar-refractivity contribution in [3.05, 3.63) is 101 Å². The lowest BCUT2D eigenvalue weighted by Gasteiger charge is -2.13. The molecular formula is C29H31N3O4S. The second kappa shape index (κ2) is 11.3. The summed E-state index contributed by atoms with van der Waals surface area (Å²) >= 11 is 0. The molecule has 4 aromatic rings. The second-order valence-electron chi connectivity index (χ2n) is 8.76. The van der Waals surface area contributed by atoms with Gasteiger partial charge in [-0.15, -0.1) is 0 Å². The molecule has 1 N–H and O–H groups in total. The molecule has 3 aromatic carbocycles. The molecule has 0 aliphatic rings. The number of rotatable bonds is 10. The number of fused-ring (bicyclic) bond motifs is 1. The molecule has 0 bridgehead atoms. The highest BCUT2D eigenvalue weighted by molar-refractivity contribution is 7.89. The Morgan fingerprint density at radius 2 is 1.78 bits per heavy atom. The van der Waals surface area contributed by atoms with Crippen molar-refractivity contribution in [3.8, 4) is 11.5 Å². The number of allylic oxidation sites excluding steroid dienone is 2. The second-order valence-corrected chi connectivity index (χ2v) is 10.4. The number of aromatic nitrogens is 1. The SMILES string of the molecule is CC=C(C)Cn1c(C=NNS(=O)(=O)c2ccc(C)cc2)cc2c(OCc3ccccc3)c(OC)ccc21. The van der Waals surface area contributed by atoms with Crippen molar-refractivity contribution in [2.24, 2.45) is 5.10 Å². The predicted octanol–water partition coefficient (Wildman–Crippen LogP) is 5.82. The summed E-state index contributed by atoms with van der Waals surface area (Å²) in [5, 5.41) is 4.94. The van der Waals surface area contributed by atoms with E-state index in [0.29, 0.717) is 24.7 Å². The van der Waals surface area contributed by atoms with Crippen molar-refractivity contribution in [1.29, 1.82) is 0 Å². The maximum atomic E-state index is 12.7. The van der Waals surface area contributed by atoms with E-state index < -0.39 is 10.0 Å². The maximum Gasteiger partial charge on any atom is 0.276 e. The number of hydrazone groups is 1. The number of nitrogens with one attached hydrogen (secondary N) is 1. The van der Waals surface area contributed by atoms with Gasteiger partial charge in [0.25, 0.3) is 10.0 Å². The minimum absolute atomic E-state index is 0.155. The lowest BCUT2D eigenvalue weighted by atomic mass is 10.2. The Bertz CT molecular complexity index is 1540. The molecule has 4 rings (SSSR count). The monoisotopic (exact) mass is 517 g/mol. The van der Waals surface area contributed by atoms with Gasteiger partial charge in [-0.25, -0.2) is 4.83 Å². The summed E-state index contributed by atoms with van der Waals surface area (Å²) in [6.45, 7) is 6.93. The van der Waals surface area contributed by atoms with Crippen molar-refractivity contribution in [1.82, 2.24) is 9.40 Å². The molecule has 0 atom stereocenters. The zero-order valence-electron chi connectivity index (χ0n) is 21.4. The maximum absolute atomic E-state index is 12.7. The van der Waals surface area contributed by atoms with Crippen LogP contribution in [0.25, 0.3) is 10.9 Å². The van der Waals surface area contributed by atoms with Gasteiger partial charge >= 0.3 is 0 Å². The van der Waals surface area contributed by atoms with Crippen LogP contribution in [-0.4, -0.2) is 26.3 Å². The first-order valence-electron chi connectivity index (χ1n) is 11.9. The smallest absolute Gasteiger partial charge is 0.276 e. The zero-order valence-corrected chi connectivity index (χ0v) is 22.2. The third kappa shape index (κ3) is 6.03. The van der Waals surface area contributed by atoms with E-state index in [2.05, 4.69) is 14.5 Å². The number of ether oxygens (including phenoxy) is 2. The molecule has 0 radical (unpaired) electrons. The van der Waals surface area contributed by atoms with Crippen molar-refractivity contribution in [2.45, 2.75) is 38.8 Å². The van der Waals surface area contributed by atoms with Gasteiger partial charge in [0.05, 0.1) is 29.4 Å². The Kier molecular flexibility index (Phi) is 7.98. The van der Waals surface area contributed by atoms with Crippen LogP contribution in [-0.2, 0) is 23.2 Å². The fraction of sp³-hybridized carbons (Fsp3) is 0.207. The van der Waals surface area contributed by atoms with E-state index in [1.54, 1.807) is 31.4 Å². The lowest BCUT2D eigenvalue weighted by Crippen LogP contribution is -2.18. The van der Waals surface area contributed by atoms with E-state index in [9.17, 15) is 8.42 Å². The first-order chi connectivity index (χ1) is 17.8. The summed E-state index contributed by atoms with van der Waals surface area (Å²) in [5.41, 5.74) is 4.81. The highest BCUT2D eigenvalue weighted by atomic mass is 32.2. The first-order valence-corrected chi connectivity index (χ1v) is 13.4. The number of aryl methyl sites for hydroxylation is 1. The van der Waals surface area contributed by atoms with E-state index in [1.807, 2.05) is 75.4 Å². The molecule has 0 saturated heterocycles. The highest BCUT2D eigenvalue weighted by Gasteiger charge is 2.17. The Morgan fingerprint density at radius 3 is 2.46 bits per heavy atom. The van der Waals surface area contributed by atoms with Gasteiger partial charge in [0.1, 0.15) is 6.61 Å². The molecule has 0 saturated carbocycles. The summed E-state index contributed by atoms with van der Waals surface area (Å²) < 4.78 is 39.3. The van der Waals surface area contributed by atoms with Gasteiger partial charge in [-0.3, -0.25) is 0 Å². The molecule has 192 valence electrons. The molecule has 0 spiro atoms. The van der Waals surface area contributed by atoms with Gasteiger partial charge in [0, 0.05) is 11.9 Å². The van der Waals surface area contributed by atoms with Gasteiger partial charge in [-0.1, -0.05) is 59.7 Å². The summed E-state index contributed by atoms with van der Waals surface area (Å²) in [6.07, 6.45) is 3.56. The zero-order chi connectivity index (χ0) is 26.4. The third-order valence-corrected chi connectivity index (χ3v) is 7.32. The molecule has 0 unspecified atom stereocenters. The molecule has 1 heterocycles. The van der Waals surface area contributed by atoms with E-state index in [0.717, 1.165) is 33.3 Å². The van der Waals surface area contributed by atoms with Crippen molar-refractivity contribution in [2.75, 3.05) is 7.11 Å². The van der Waals surface area contributed by atoms with Gasteiger partial charge in [-0.2, -0.15) is 13.5 Å². The van der Waals surface area contributed by atoms with Crippen LogP contribution in [0.15, 0.2) is 94.4 Å². The van der Waals surface area contributed by atoms with Crippen molar-refractivity contribution >= 4 is 27.1 Å². The minimum atomic E-state index is -3.79. The number of benzene rings is 3. The van der Waals surface area contributed by atoms with Gasteiger partial charge in [0.2, 0.25) is 0 Å². The van der Waals surface area contributed by atoms with E-state index >= 15 is 0 Å². The van der Waals surface area contributed by atoms with Crippen LogP contribution in [0.2, 0.25) is 0 Å². The summed E-state index contributed by atoms with van der Waals surface area (Å²) in [5.74, 6) is 1.24. The van der Waals surface area contributed by atoms with E-state index in [1.165, 1.54) is 6.21 Å². The average molecular weight is 518 g/mol. The highest BCUT2D eigenvalue weighted by Crippen LogP contribution is 2.38. The molecule has 0 aliphatic heterocycles. The largest absolute Gasteiger partial charge is 0.493 e. The van der Waals surface area contributed by atoms with Gasteiger partial charge < -0.3 is 14.0 Å². The fourth-order valence-corrected chi connectivity index (χ4v) is 4.70. The normalized spacial score (nSPS) is 12.3. The molecule has 0 aliphatic carbocycles. The van der Waals surface area contributed by atoms with Crippen LogP contribution in [0.1, 0.15) is 30.7 Å². The van der Waals surface area contributed by atoms with E-state index in [4.69, 9.17) is 9.47 Å². The third-order valence-electron chi connectivity index (χ3n) is 6.08. The predicted molar refractivity (Wildman–Crippen MR) is 148 cm³/mol. The van der Waals surface area contributed by atoms with E-state index in [-0.39, 0.29) is 4.90 Å². The molecular weight excluding hydrogens is 486 g/mol. The summed E-state index contributed by atoms with van der Waals surface area (Å²) in [4.78, 5) is 2.48. The number of sulfonamides is 1. The van der Waals surface area contributed by atoms with Crippen molar-refractivity contribution in [3.63, 3.8) is 0 Å². The Balaban J connectivity index is 1.71. The van der Waals surface area contributed by atoms with Gasteiger partial charge in [-0.05, 0) is 56.7 Å². The standard InChI is InChI=1S/C29H31N3O4S/c1-5-21(2)19-32-24(18-30-31-37(33,34)25-13-11-22(3)12-14-25)17-26-27(32)15-16-28(35-4)29(26)36-20-23-9-7-6-8-10-23/h5-18,31H,19-20H2,1-4H3. The van der Waals surface area contributed by atoms with Crippen LogP contribution in [0.4, 0.5) is 0 Å². The number of nitrogens with zero attached hydrogens (tertiary/aromatic N) is 2. The molecule has 0 fully saturated rings. The molecule has 1 aromatic heterocycles. The molecule has 0 amide bonds. The Labute approximate surface area is 218 Å². The van der Waals surface area contributed by atoms with Crippen LogP contribution >= 0.6 is 0 Å². The first kappa shape index (κ1) is 26.0. The number of hydrogen-bond donors (Lipinski definition) is 1. The van der Waals surface area contributed by atoms with Crippen LogP contribution in [0, 0.1) is 6.92 Å². The van der Waals surface area contributed by atoms with Gasteiger partial charge in [0.15, 0.2) is 11.5 Å². The number of methoxy groups -OCH3 is 1. The Morgan fingerprint density at radius 1 is 1.05 bits per heavy atom. The summed E-state index contributed by atoms with van der Waals surface area (Å²) in [7, 11) is -2.18. The fourth-order valence-electron chi connectivity index (χ4n) is 3.90. The van der Waals surface area contributed by atoms with Crippen molar-refractivity contribution < 1.29 is 17.9 Å². The molecule has 37 heavy (non-hydrogen) atoms. The molecule has 7 nitrogen and oxygen atoms in total. The van der Waals surface area contributed by atoms with Crippen LogP contribution in [0.3, 0.4) is 0 Å². The topological polar surface area (TPSA) is 81.9 Å². The van der Waals surface area contributed by atoms with Crippen LogP contribution < -0.4 is 14.3 Å². The number of hydrogen-bond acceptors (Lipinski definition) is 5. The molecule has 8 heteroatoms. The average Bonchev–Trinajstić information content (AvgIpc) is 3.24. The van der Waals surface area contributed by atoms with Crippen LogP contribution in [0.5, 0.6) is 11.5 Å². The minimum Gasteiger partial charge on any atom is -0.493 e. The lowest BCUT2D eigenvalue weighted by molar-refractivity contribution is 0.288.